The molecule has 1 aromatic heterocycles. The van der Waals surface area contributed by atoms with E-state index in [1.807, 2.05) is 30.0 Å². The van der Waals surface area contributed by atoms with E-state index in [1.54, 1.807) is 6.07 Å². The third-order valence-corrected chi connectivity index (χ3v) is 4.02. The minimum atomic E-state index is -0.396. The fourth-order valence-electron chi connectivity index (χ4n) is 2.71. The molecular weight excluding hydrogens is 280 g/mol. The minimum Gasteiger partial charge on any atom is -0.355 e. The van der Waals surface area contributed by atoms with E-state index in [-0.39, 0.29) is 5.56 Å². The van der Waals surface area contributed by atoms with E-state index in [4.69, 9.17) is 0 Å². The van der Waals surface area contributed by atoms with E-state index in [2.05, 4.69) is 16.9 Å². The molecule has 1 fully saturated rings. The fraction of sp³-hybridized carbons (Fsp3) is 0.375. The summed E-state index contributed by atoms with van der Waals surface area (Å²) >= 11 is 0. The molecule has 116 valence electrons. The topological polar surface area (TPSA) is 61.3 Å². The molecule has 1 aliphatic rings. The maximum absolute atomic E-state index is 12.4. The van der Waals surface area contributed by atoms with Crippen molar-refractivity contribution in [2.45, 2.75) is 6.92 Å². The highest BCUT2D eigenvalue weighted by atomic mass is 16.2. The number of piperazine rings is 1. The van der Waals surface area contributed by atoms with Crippen molar-refractivity contribution in [3.05, 3.63) is 56.7 Å². The number of aromatic amines is 1. The number of hydrogen-bond acceptors (Lipinski definition) is 4. The molecule has 1 aliphatic heterocycles. The van der Waals surface area contributed by atoms with Gasteiger partial charge < -0.3 is 9.80 Å². The molecule has 1 aromatic carbocycles. The second-order valence-corrected chi connectivity index (χ2v) is 5.76. The average molecular weight is 300 g/mol. The van der Waals surface area contributed by atoms with E-state index in [1.165, 1.54) is 10.6 Å². The molecule has 0 radical (unpaired) electrons. The van der Waals surface area contributed by atoms with Crippen LogP contribution in [-0.2, 0) is 0 Å². The lowest BCUT2D eigenvalue weighted by molar-refractivity contribution is 0.312. The molecule has 0 saturated carbocycles. The van der Waals surface area contributed by atoms with E-state index in [9.17, 15) is 9.59 Å². The Labute approximate surface area is 128 Å². The van der Waals surface area contributed by atoms with E-state index in [0.29, 0.717) is 11.5 Å². The first-order valence-electron chi connectivity index (χ1n) is 7.41. The zero-order valence-corrected chi connectivity index (χ0v) is 12.9. The predicted octanol–water partition coefficient (Wildman–Crippen LogP) is 0.586. The van der Waals surface area contributed by atoms with Crippen molar-refractivity contribution in [1.82, 2.24) is 14.5 Å². The summed E-state index contributed by atoms with van der Waals surface area (Å²) < 4.78 is 1.17. The first-order valence-corrected chi connectivity index (χ1v) is 7.41. The summed E-state index contributed by atoms with van der Waals surface area (Å²) in [5.41, 5.74) is 0.901. The molecule has 1 N–H and O–H groups in total. The fourth-order valence-corrected chi connectivity index (χ4v) is 2.71. The molecular formula is C16H20N4O2. The summed E-state index contributed by atoms with van der Waals surface area (Å²) in [6, 6.07) is 8.87. The molecule has 6 heteroatoms. The lowest BCUT2D eigenvalue weighted by Gasteiger charge is -2.33. The van der Waals surface area contributed by atoms with Crippen molar-refractivity contribution in [2.75, 3.05) is 38.1 Å². The van der Waals surface area contributed by atoms with Crippen LogP contribution in [0.2, 0.25) is 0 Å². The van der Waals surface area contributed by atoms with Gasteiger partial charge in [0.15, 0.2) is 0 Å². The number of rotatable bonds is 2. The Hall–Kier alpha value is -2.34. The average Bonchev–Trinajstić information content (AvgIpc) is 2.47. The molecule has 1 saturated heterocycles. The summed E-state index contributed by atoms with van der Waals surface area (Å²) in [5.74, 6) is 0.604. The van der Waals surface area contributed by atoms with Crippen LogP contribution >= 0.6 is 0 Å². The molecule has 6 nitrogen and oxygen atoms in total. The van der Waals surface area contributed by atoms with Crippen molar-refractivity contribution in [1.29, 1.82) is 0 Å². The Morgan fingerprint density at radius 3 is 2.41 bits per heavy atom. The van der Waals surface area contributed by atoms with E-state index in [0.717, 1.165) is 31.7 Å². The Morgan fingerprint density at radius 2 is 1.77 bits per heavy atom. The monoisotopic (exact) mass is 300 g/mol. The van der Waals surface area contributed by atoms with Gasteiger partial charge in [0.05, 0.1) is 5.69 Å². The molecule has 3 rings (SSSR count). The van der Waals surface area contributed by atoms with Crippen LogP contribution in [0.5, 0.6) is 0 Å². The van der Waals surface area contributed by atoms with Gasteiger partial charge in [0.25, 0.3) is 5.56 Å². The quantitative estimate of drug-likeness (QED) is 0.881. The molecule has 0 unspecified atom stereocenters. The van der Waals surface area contributed by atoms with Crippen LogP contribution in [0.4, 0.5) is 5.82 Å². The third-order valence-electron chi connectivity index (χ3n) is 4.02. The Morgan fingerprint density at radius 1 is 1.05 bits per heavy atom. The number of nitrogens with zero attached hydrogens (tertiary/aromatic N) is 3. The SMILES string of the molecule is Cc1cccc(-n2c(=O)cc(N3CCN(C)CC3)[nH]c2=O)c1. The minimum absolute atomic E-state index is 0.303. The van der Waals surface area contributed by atoms with Crippen LogP contribution in [-0.4, -0.2) is 47.7 Å². The van der Waals surface area contributed by atoms with Gasteiger partial charge in [-0.3, -0.25) is 9.78 Å². The number of likely N-dealkylation sites (N-methyl/N-ethyl adjacent to an activating group) is 1. The predicted molar refractivity (Wildman–Crippen MR) is 87.1 cm³/mol. The molecule has 0 amide bonds. The Bertz CT molecular complexity index is 754. The summed E-state index contributed by atoms with van der Waals surface area (Å²) in [6.45, 7) is 5.38. The number of hydrogen-bond donors (Lipinski definition) is 1. The second kappa shape index (κ2) is 5.81. The lowest BCUT2D eigenvalue weighted by atomic mass is 10.2. The first kappa shape index (κ1) is 14.6. The van der Waals surface area contributed by atoms with Crippen molar-refractivity contribution >= 4 is 5.82 Å². The lowest BCUT2D eigenvalue weighted by Crippen LogP contribution is -2.46. The van der Waals surface area contributed by atoms with E-state index < -0.39 is 5.69 Å². The molecule has 2 aromatic rings. The highest BCUT2D eigenvalue weighted by Crippen LogP contribution is 2.10. The Balaban J connectivity index is 1.99. The summed E-state index contributed by atoms with van der Waals surface area (Å²) in [4.78, 5) is 31.8. The van der Waals surface area contributed by atoms with Gasteiger partial charge in [0.1, 0.15) is 5.82 Å². The van der Waals surface area contributed by atoms with Gasteiger partial charge >= 0.3 is 5.69 Å². The van der Waals surface area contributed by atoms with Crippen LogP contribution in [0.3, 0.4) is 0 Å². The third kappa shape index (κ3) is 2.82. The highest BCUT2D eigenvalue weighted by molar-refractivity contribution is 5.40. The van der Waals surface area contributed by atoms with E-state index >= 15 is 0 Å². The smallest absolute Gasteiger partial charge is 0.334 e. The molecule has 22 heavy (non-hydrogen) atoms. The first-order chi connectivity index (χ1) is 10.5. The molecule has 0 atom stereocenters. The zero-order chi connectivity index (χ0) is 15.7. The molecule has 2 heterocycles. The molecule has 0 spiro atoms. The van der Waals surface area contributed by atoms with Gasteiger partial charge in [-0.2, -0.15) is 0 Å². The van der Waals surface area contributed by atoms with Crippen molar-refractivity contribution in [2.24, 2.45) is 0 Å². The van der Waals surface area contributed by atoms with Gasteiger partial charge in [0, 0.05) is 32.2 Å². The number of H-pyrrole nitrogens is 1. The largest absolute Gasteiger partial charge is 0.355 e. The number of anilines is 1. The van der Waals surface area contributed by atoms with Crippen molar-refractivity contribution in [3.63, 3.8) is 0 Å². The maximum atomic E-state index is 12.4. The standard InChI is InChI=1S/C16H20N4O2/c1-12-4-3-5-13(10-12)20-15(21)11-14(17-16(20)22)19-8-6-18(2)7-9-19/h3-5,10-11H,6-9H2,1-2H3,(H,17,22). The molecule has 0 aliphatic carbocycles. The number of aryl methyl sites for hydroxylation is 1. The normalized spacial score (nSPS) is 16.0. The van der Waals surface area contributed by atoms with Crippen molar-refractivity contribution < 1.29 is 0 Å². The van der Waals surface area contributed by atoms with Crippen molar-refractivity contribution in [3.8, 4) is 5.69 Å². The highest BCUT2D eigenvalue weighted by Gasteiger charge is 2.16. The maximum Gasteiger partial charge on any atom is 0.334 e. The Kier molecular flexibility index (Phi) is 3.85. The van der Waals surface area contributed by atoms with Crippen LogP contribution < -0.4 is 16.1 Å². The van der Waals surface area contributed by atoms with Gasteiger partial charge in [-0.25, -0.2) is 9.36 Å². The van der Waals surface area contributed by atoms with Gasteiger partial charge in [-0.1, -0.05) is 12.1 Å². The van der Waals surface area contributed by atoms with Crippen LogP contribution in [0.15, 0.2) is 39.9 Å². The van der Waals surface area contributed by atoms with Gasteiger partial charge in [-0.15, -0.1) is 0 Å². The zero-order valence-electron chi connectivity index (χ0n) is 12.9. The number of benzene rings is 1. The molecule has 0 bridgehead atoms. The summed E-state index contributed by atoms with van der Waals surface area (Å²) in [6.07, 6.45) is 0. The van der Waals surface area contributed by atoms with Crippen LogP contribution in [0.1, 0.15) is 5.56 Å². The summed E-state index contributed by atoms with van der Waals surface area (Å²) in [7, 11) is 2.07. The number of nitrogens with one attached hydrogen (secondary N) is 1. The van der Waals surface area contributed by atoms with Gasteiger partial charge in [0.2, 0.25) is 0 Å². The summed E-state index contributed by atoms with van der Waals surface area (Å²) in [5, 5.41) is 0. The number of aromatic nitrogens is 2. The van der Waals surface area contributed by atoms with Gasteiger partial charge in [-0.05, 0) is 31.7 Å². The second-order valence-electron chi connectivity index (χ2n) is 5.76. The van der Waals surface area contributed by atoms with Crippen LogP contribution in [0, 0.1) is 6.92 Å². The van der Waals surface area contributed by atoms with Crippen LogP contribution in [0.25, 0.3) is 5.69 Å².